The Kier molecular flexibility index (Phi) is 3.25. The van der Waals surface area contributed by atoms with Crippen molar-refractivity contribution in [2.24, 2.45) is 0 Å². The van der Waals surface area contributed by atoms with Crippen molar-refractivity contribution in [1.29, 1.82) is 0 Å². The number of hydrogen-bond donors (Lipinski definition) is 0. The number of halogens is 1. The number of aromatic nitrogens is 1. The number of carbonyl (C=O) groups excluding carboxylic acids is 1. The summed E-state index contributed by atoms with van der Waals surface area (Å²) in [6, 6.07) is 1.77. The van der Waals surface area contributed by atoms with Crippen molar-refractivity contribution < 1.29 is 9.53 Å². The standard InChI is InChI=1S/C12H12ClNO2/c1-16-12(15)10-6-9(7-14-11(10)13)8-4-2-3-5-8/h2,4,6-8H,3,5H2,1H3. The SMILES string of the molecule is COC(=O)c1cc(C2C=CCC2)cnc1Cl. The summed E-state index contributed by atoms with van der Waals surface area (Å²) in [7, 11) is 1.33. The summed E-state index contributed by atoms with van der Waals surface area (Å²) >= 11 is 5.85. The van der Waals surface area contributed by atoms with Crippen LogP contribution in [0.5, 0.6) is 0 Å². The van der Waals surface area contributed by atoms with Crippen LogP contribution in [0.4, 0.5) is 0 Å². The molecule has 0 saturated carbocycles. The molecule has 0 saturated heterocycles. The lowest BCUT2D eigenvalue weighted by Crippen LogP contribution is -2.05. The van der Waals surface area contributed by atoms with Crippen molar-refractivity contribution in [1.82, 2.24) is 4.98 Å². The molecule has 1 aliphatic carbocycles. The number of allylic oxidation sites excluding steroid dienone is 2. The van der Waals surface area contributed by atoms with E-state index < -0.39 is 5.97 Å². The van der Waals surface area contributed by atoms with Crippen LogP contribution in [-0.4, -0.2) is 18.1 Å². The number of pyridine rings is 1. The largest absolute Gasteiger partial charge is 0.465 e. The molecule has 2 rings (SSSR count). The minimum atomic E-state index is -0.443. The molecule has 1 aromatic rings. The fourth-order valence-electron chi connectivity index (χ4n) is 1.83. The maximum atomic E-state index is 11.4. The molecule has 0 N–H and O–H groups in total. The van der Waals surface area contributed by atoms with Gasteiger partial charge in [-0.15, -0.1) is 0 Å². The molecule has 0 spiro atoms. The second-order valence-corrected chi connectivity index (χ2v) is 4.07. The first kappa shape index (κ1) is 11.1. The summed E-state index contributed by atoms with van der Waals surface area (Å²) in [5, 5.41) is 0.192. The van der Waals surface area contributed by atoms with Crippen LogP contribution >= 0.6 is 11.6 Å². The molecule has 0 amide bonds. The summed E-state index contributed by atoms with van der Waals surface area (Å²) in [5.74, 6) is -0.102. The van der Waals surface area contributed by atoms with E-state index in [-0.39, 0.29) is 5.15 Å². The molecule has 0 radical (unpaired) electrons. The monoisotopic (exact) mass is 237 g/mol. The average Bonchev–Trinajstić information content (AvgIpc) is 2.82. The molecular formula is C12H12ClNO2. The third-order valence-electron chi connectivity index (χ3n) is 2.71. The van der Waals surface area contributed by atoms with E-state index >= 15 is 0 Å². The topological polar surface area (TPSA) is 39.2 Å². The van der Waals surface area contributed by atoms with Crippen LogP contribution in [0.25, 0.3) is 0 Å². The van der Waals surface area contributed by atoms with E-state index in [1.807, 2.05) is 0 Å². The van der Waals surface area contributed by atoms with Gasteiger partial charge in [0.25, 0.3) is 0 Å². The Morgan fingerprint density at radius 1 is 1.62 bits per heavy atom. The molecule has 0 bridgehead atoms. The van der Waals surface area contributed by atoms with Crippen LogP contribution in [0.1, 0.15) is 34.7 Å². The van der Waals surface area contributed by atoms with Crippen molar-refractivity contribution in [2.45, 2.75) is 18.8 Å². The molecule has 84 valence electrons. The number of nitrogens with zero attached hydrogens (tertiary/aromatic N) is 1. The Morgan fingerprint density at radius 3 is 3.06 bits per heavy atom. The molecule has 0 fully saturated rings. The van der Waals surface area contributed by atoms with Gasteiger partial charge in [-0.1, -0.05) is 23.8 Å². The smallest absolute Gasteiger partial charge is 0.341 e. The Bertz CT molecular complexity index is 443. The lowest BCUT2D eigenvalue weighted by Gasteiger charge is -2.09. The predicted molar refractivity (Wildman–Crippen MR) is 61.7 cm³/mol. The first-order chi connectivity index (χ1) is 7.72. The van der Waals surface area contributed by atoms with Gasteiger partial charge in [0.1, 0.15) is 5.15 Å². The zero-order valence-electron chi connectivity index (χ0n) is 8.94. The highest BCUT2D eigenvalue weighted by Gasteiger charge is 2.17. The first-order valence-corrected chi connectivity index (χ1v) is 5.50. The first-order valence-electron chi connectivity index (χ1n) is 5.13. The van der Waals surface area contributed by atoms with E-state index in [9.17, 15) is 4.79 Å². The lowest BCUT2D eigenvalue weighted by molar-refractivity contribution is 0.0600. The summed E-state index contributed by atoms with van der Waals surface area (Å²) in [6.45, 7) is 0. The Morgan fingerprint density at radius 2 is 2.44 bits per heavy atom. The number of ether oxygens (including phenoxy) is 1. The van der Waals surface area contributed by atoms with Gasteiger partial charge in [0.2, 0.25) is 0 Å². The minimum absolute atomic E-state index is 0.192. The van der Waals surface area contributed by atoms with Crippen LogP contribution in [0.2, 0.25) is 5.15 Å². The minimum Gasteiger partial charge on any atom is -0.465 e. The highest BCUT2D eigenvalue weighted by molar-refractivity contribution is 6.32. The van der Waals surface area contributed by atoms with Crippen molar-refractivity contribution in [3.05, 3.63) is 40.7 Å². The average molecular weight is 238 g/mol. The molecule has 0 aliphatic heterocycles. The summed E-state index contributed by atoms with van der Waals surface area (Å²) < 4.78 is 4.65. The second-order valence-electron chi connectivity index (χ2n) is 3.71. The summed E-state index contributed by atoms with van der Waals surface area (Å²) in [4.78, 5) is 15.5. The van der Waals surface area contributed by atoms with Gasteiger partial charge in [-0.25, -0.2) is 9.78 Å². The van der Waals surface area contributed by atoms with Crippen molar-refractivity contribution in [2.75, 3.05) is 7.11 Å². The third kappa shape index (κ3) is 2.09. The number of esters is 1. The van der Waals surface area contributed by atoms with E-state index in [4.69, 9.17) is 11.6 Å². The van der Waals surface area contributed by atoms with Gasteiger partial charge in [0, 0.05) is 12.1 Å². The quantitative estimate of drug-likeness (QED) is 0.451. The van der Waals surface area contributed by atoms with E-state index in [0.29, 0.717) is 11.5 Å². The van der Waals surface area contributed by atoms with E-state index in [1.54, 1.807) is 12.3 Å². The van der Waals surface area contributed by atoms with E-state index in [2.05, 4.69) is 21.9 Å². The van der Waals surface area contributed by atoms with Crippen LogP contribution in [0.3, 0.4) is 0 Å². The van der Waals surface area contributed by atoms with Crippen LogP contribution < -0.4 is 0 Å². The van der Waals surface area contributed by atoms with Gasteiger partial charge in [-0.3, -0.25) is 0 Å². The maximum absolute atomic E-state index is 11.4. The fraction of sp³-hybridized carbons (Fsp3) is 0.333. The molecule has 1 atom stereocenters. The predicted octanol–water partition coefficient (Wildman–Crippen LogP) is 2.96. The highest BCUT2D eigenvalue weighted by atomic mass is 35.5. The van der Waals surface area contributed by atoms with Gasteiger partial charge in [-0.2, -0.15) is 0 Å². The van der Waals surface area contributed by atoms with Crippen molar-refractivity contribution in [3.8, 4) is 0 Å². The maximum Gasteiger partial charge on any atom is 0.341 e. The molecule has 3 nitrogen and oxygen atoms in total. The zero-order valence-corrected chi connectivity index (χ0v) is 9.70. The number of hydrogen-bond acceptors (Lipinski definition) is 3. The Labute approximate surface area is 99.1 Å². The zero-order chi connectivity index (χ0) is 11.5. The normalized spacial score (nSPS) is 18.8. The summed E-state index contributed by atoms with van der Waals surface area (Å²) in [5.41, 5.74) is 1.35. The van der Waals surface area contributed by atoms with Crippen LogP contribution in [-0.2, 0) is 4.74 Å². The fourth-order valence-corrected chi connectivity index (χ4v) is 2.01. The highest BCUT2D eigenvalue weighted by Crippen LogP contribution is 2.29. The number of rotatable bonds is 2. The van der Waals surface area contributed by atoms with E-state index in [0.717, 1.165) is 18.4 Å². The molecule has 16 heavy (non-hydrogen) atoms. The van der Waals surface area contributed by atoms with Gasteiger partial charge < -0.3 is 4.74 Å². The third-order valence-corrected chi connectivity index (χ3v) is 3.01. The molecule has 4 heteroatoms. The van der Waals surface area contributed by atoms with Gasteiger partial charge in [-0.05, 0) is 24.5 Å². The van der Waals surface area contributed by atoms with Crippen molar-refractivity contribution in [3.63, 3.8) is 0 Å². The summed E-state index contributed by atoms with van der Waals surface area (Å²) in [6.07, 6.45) is 8.11. The molecule has 1 aliphatic rings. The Hall–Kier alpha value is -1.35. The lowest BCUT2D eigenvalue weighted by atomic mass is 9.99. The Balaban J connectivity index is 2.34. The molecule has 1 heterocycles. The van der Waals surface area contributed by atoms with Crippen molar-refractivity contribution >= 4 is 17.6 Å². The van der Waals surface area contributed by atoms with E-state index in [1.165, 1.54) is 7.11 Å². The number of carbonyl (C=O) groups is 1. The van der Waals surface area contributed by atoms with Crippen LogP contribution in [0, 0.1) is 0 Å². The molecule has 0 aromatic carbocycles. The van der Waals surface area contributed by atoms with Gasteiger partial charge in [0.15, 0.2) is 0 Å². The molecular weight excluding hydrogens is 226 g/mol. The second kappa shape index (κ2) is 4.66. The molecule has 1 unspecified atom stereocenters. The van der Waals surface area contributed by atoms with Gasteiger partial charge in [0.05, 0.1) is 12.7 Å². The van der Waals surface area contributed by atoms with Gasteiger partial charge >= 0.3 is 5.97 Å². The van der Waals surface area contributed by atoms with Crippen LogP contribution in [0.15, 0.2) is 24.4 Å². The number of methoxy groups -OCH3 is 1. The molecule has 1 aromatic heterocycles.